The Morgan fingerprint density at radius 3 is 2.51 bits per heavy atom. The van der Waals surface area contributed by atoms with E-state index >= 15 is 0 Å². The number of carbonyl (C=O) groups is 1. The fourth-order valence-corrected chi connectivity index (χ4v) is 5.53. The molecule has 0 radical (unpaired) electrons. The number of aryl methyl sites for hydroxylation is 3. The minimum Gasteiger partial charge on any atom is -0.437 e. The van der Waals surface area contributed by atoms with Gasteiger partial charge in [0.25, 0.3) is 5.91 Å². The second kappa shape index (κ2) is 12.2. The van der Waals surface area contributed by atoms with Crippen molar-refractivity contribution in [1.82, 2.24) is 24.3 Å². The molecule has 1 amide bonds. The molecule has 1 fully saturated rings. The van der Waals surface area contributed by atoms with Gasteiger partial charge in [-0.2, -0.15) is 4.98 Å². The number of fused-ring (bicyclic) bond motifs is 1. The van der Waals surface area contributed by atoms with Crippen molar-refractivity contribution in [3.8, 4) is 23.0 Å². The highest BCUT2D eigenvalue weighted by atomic mass is 35.5. The molecule has 0 spiro atoms. The highest BCUT2D eigenvalue weighted by Gasteiger charge is 2.18. The molecule has 9 heteroatoms. The van der Waals surface area contributed by atoms with Crippen molar-refractivity contribution in [2.24, 2.45) is 7.05 Å². The average molecular weight is 595 g/mol. The molecule has 6 rings (SSSR count). The van der Waals surface area contributed by atoms with E-state index < -0.39 is 0 Å². The largest absolute Gasteiger partial charge is 0.437 e. The second-order valence-corrected chi connectivity index (χ2v) is 11.7. The molecular weight excluding hydrogens is 560 g/mol. The van der Waals surface area contributed by atoms with Crippen LogP contribution in [0, 0.1) is 13.8 Å². The summed E-state index contributed by atoms with van der Waals surface area (Å²) < 4.78 is 8.34. The van der Waals surface area contributed by atoms with E-state index in [9.17, 15) is 4.79 Å². The molecule has 220 valence electrons. The molecule has 0 atom stereocenters. The van der Waals surface area contributed by atoms with Gasteiger partial charge in [0, 0.05) is 67.8 Å². The van der Waals surface area contributed by atoms with Crippen molar-refractivity contribution in [2.45, 2.75) is 20.4 Å². The Hall–Kier alpha value is -4.24. The number of hydrogen-bond donors (Lipinski definition) is 1. The summed E-state index contributed by atoms with van der Waals surface area (Å²) in [6, 6.07) is 20.9. The number of hydrogen-bond acceptors (Lipinski definition) is 6. The highest BCUT2D eigenvalue weighted by molar-refractivity contribution is 6.30. The smallest absolute Gasteiger partial charge is 0.255 e. The first-order chi connectivity index (χ1) is 20.7. The maximum atomic E-state index is 13.3. The summed E-state index contributed by atoms with van der Waals surface area (Å²) in [5.41, 5.74) is 6.88. The van der Waals surface area contributed by atoms with E-state index in [4.69, 9.17) is 26.3 Å². The first-order valence-electron chi connectivity index (χ1n) is 14.4. The van der Waals surface area contributed by atoms with Crippen LogP contribution in [0.4, 0.5) is 5.69 Å². The average Bonchev–Trinajstić information content (AvgIpc) is 3.37. The number of amides is 1. The quantitative estimate of drug-likeness (QED) is 0.226. The Morgan fingerprint density at radius 2 is 1.74 bits per heavy atom. The van der Waals surface area contributed by atoms with Crippen LogP contribution in [0.1, 0.15) is 27.0 Å². The van der Waals surface area contributed by atoms with Gasteiger partial charge in [0.1, 0.15) is 11.3 Å². The van der Waals surface area contributed by atoms with Crippen molar-refractivity contribution >= 4 is 34.2 Å². The number of benzene rings is 3. The van der Waals surface area contributed by atoms with Crippen molar-refractivity contribution in [1.29, 1.82) is 0 Å². The number of ether oxygens (including phenoxy) is 1. The van der Waals surface area contributed by atoms with E-state index in [1.807, 2.05) is 79.3 Å². The van der Waals surface area contributed by atoms with Gasteiger partial charge >= 0.3 is 0 Å². The number of piperazine rings is 1. The molecule has 1 saturated heterocycles. The van der Waals surface area contributed by atoms with E-state index in [-0.39, 0.29) is 5.91 Å². The molecule has 0 aliphatic carbocycles. The molecule has 0 unspecified atom stereocenters. The van der Waals surface area contributed by atoms with Crippen molar-refractivity contribution in [2.75, 3.05) is 38.5 Å². The Morgan fingerprint density at radius 1 is 0.930 bits per heavy atom. The molecule has 8 nitrogen and oxygen atoms in total. The van der Waals surface area contributed by atoms with Gasteiger partial charge in [-0.25, -0.2) is 4.98 Å². The van der Waals surface area contributed by atoms with Crippen LogP contribution < -0.4 is 10.1 Å². The molecule has 0 bridgehead atoms. The van der Waals surface area contributed by atoms with Gasteiger partial charge in [0.2, 0.25) is 5.88 Å². The van der Waals surface area contributed by atoms with Crippen LogP contribution in [0.5, 0.6) is 11.6 Å². The van der Waals surface area contributed by atoms with Gasteiger partial charge in [-0.1, -0.05) is 35.9 Å². The third kappa shape index (κ3) is 6.41. The predicted molar refractivity (Wildman–Crippen MR) is 172 cm³/mol. The predicted octanol–water partition coefficient (Wildman–Crippen LogP) is 6.70. The van der Waals surface area contributed by atoms with Crippen LogP contribution in [-0.2, 0) is 13.6 Å². The Labute approximate surface area is 256 Å². The topological polar surface area (TPSA) is 75.5 Å². The van der Waals surface area contributed by atoms with Crippen LogP contribution in [0.3, 0.4) is 0 Å². The zero-order valence-corrected chi connectivity index (χ0v) is 25.7. The number of likely N-dealkylation sites (N-methyl/N-ethyl adjacent to an activating group) is 1. The van der Waals surface area contributed by atoms with E-state index in [1.165, 1.54) is 5.56 Å². The molecule has 2 aromatic heterocycles. The lowest BCUT2D eigenvalue weighted by atomic mass is 10.1. The highest BCUT2D eigenvalue weighted by Crippen LogP contribution is 2.33. The molecule has 1 aliphatic heterocycles. The van der Waals surface area contributed by atoms with E-state index in [0.717, 1.165) is 66.1 Å². The summed E-state index contributed by atoms with van der Waals surface area (Å²) >= 11 is 6.24. The van der Waals surface area contributed by atoms with Gasteiger partial charge in [-0.05, 0) is 80.1 Å². The number of aromatic nitrogens is 3. The Bertz CT molecular complexity index is 1810. The van der Waals surface area contributed by atoms with E-state index in [0.29, 0.717) is 28.0 Å². The summed E-state index contributed by atoms with van der Waals surface area (Å²) in [7, 11) is 4.09. The van der Waals surface area contributed by atoms with Gasteiger partial charge in [0.05, 0.1) is 5.52 Å². The summed E-state index contributed by atoms with van der Waals surface area (Å²) in [5, 5.41) is 3.66. The standard InChI is InChI=1S/C34H35ClN6O2/c1-22-8-9-25(33(42)36-28-11-10-26(23(2)18-28)21-41-16-14-39(3)15-17-41)20-30(22)43-34-31-29(12-13-40(31)4)37-32(38-34)24-6-5-7-27(35)19-24/h5-13,18-20H,14-17,21H2,1-4H3,(H,36,42). The number of rotatable bonds is 7. The summed E-state index contributed by atoms with van der Waals surface area (Å²) in [6.07, 6.45) is 1.92. The van der Waals surface area contributed by atoms with Crippen LogP contribution in [-0.4, -0.2) is 63.5 Å². The fraction of sp³-hybridized carbons (Fsp3) is 0.265. The maximum absolute atomic E-state index is 13.3. The van der Waals surface area contributed by atoms with Crippen LogP contribution in [0.15, 0.2) is 72.9 Å². The fourth-order valence-electron chi connectivity index (χ4n) is 5.34. The van der Waals surface area contributed by atoms with Gasteiger partial charge in [0.15, 0.2) is 5.82 Å². The van der Waals surface area contributed by atoms with E-state index in [1.54, 1.807) is 6.07 Å². The molecule has 43 heavy (non-hydrogen) atoms. The zero-order chi connectivity index (χ0) is 30.1. The third-order valence-corrected chi connectivity index (χ3v) is 8.25. The maximum Gasteiger partial charge on any atom is 0.255 e. The number of nitrogens with one attached hydrogen (secondary N) is 1. The van der Waals surface area contributed by atoms with Crippen LogP contribution in [0.25, 0.3) is 22.4 Å². The molecule has 1 aliphatic rings. The SMILES string of the molecule is Cc1cc(NC(=O)c2ccc(C)c(Oc3nc(-c4cccc(Cl)c4)nc4ccn(C)c34)c2)ccc1CN1CCN(C)CC1. The first kappa shape index (κ1) is 28.9. The number of halogens is 1. The zero-order valence-electron chi connectivity index (χ0n) is 24.9. The lowest BCUT2D eigenvalue weighted by Gasteiger charge is -2.32. The molecular formula is C34H35ClN6O2. The summed E-state index contributed by atoms with van der Waals surface area (Å²) in [4.78, 5) is 27.7. The lowest BCUT2D eigenvalue weighted by molar-refractivity contribution is 0.102. The summed E-state index contributed by atoms with van der Waals surface area (Å²) in [6.45, 7) is 9.28. The minimum absolute atomic E-state index is 0.206. The van der Waals surface area contributed by atoms with Gasteiger partial charge in [-0.3, -0.25) is 9.69 Å². The monoisotopic (exact) mass is 594 g/mol. The van der Waals surface area contributed by atoms with Crippen LogP contribution in [0.2, 0.25) is 5.02 Å². The molecule has 3 aromatic carbocycles. The van der Waals surface area contributed by atoms with Gasteiger partial charge < -0.3 is 19.5 Å². The number of anilines is 1. The van der Waals surface area contributed by atoms with Crippen molar-refractivity contribution in [3.05, 3.63) is 100 Å². The lowest BCUT2D eigenvalue weighted by Crippen LogP contribution is -2.43. The second-order valence-electron chi connectivity index (χ2n) is 11.3. The molecule has 5 aromatic rings. The number of nitrogens with zero attached hydrogens (tertiary/aromatic N) is 5. The Kier molecular flexibility index (Phi) is 8.17. The molecule has 0 saturated carbocycles. The molecule has 3 heterocycles. The van der Waals surface area contributed by atoms with Gasteiger partial charge in [-0.15, -0.1) is 0 Å². The minimum atomic E-state index is -0.206. The normalized spacial score (nSPS) is 14.3. The van der Waals surface area contributed by atoms with Crippen LogP contribution >= 0.6 is 11.6 Å². The van der Waals surface area contributed by atoms with Crippen molar-refractivity contribution < 1.29 is 9.53 Å². The van der Waals surface area contributed by atoms with E-state index in [2.05, 4.69) is 35.2 Å². The third-order valence-electron chi connectivity index (χ3n) is 8.02. The Balaban J connectivity index is 1.22. The van der Waals surface area contributed by atoms with Crippen molar-refractivity contribution in [3.63, 3.8) is 0 Å². The summed E-state index contributed by atoms with van der Waals surface area (Å²) in [5.74, 6) is 1.25. The number of carbonyl (C=O) groups excluding carboxylic acids is 1. The molecule has 1 N–H and O–H groups in total. The first-order valence-corrected chi connectivity index (χ1v) is 14.8.